The van der Waals surface area contributed by atoms with E-state index in [9.17, 15) is 4.79 Å². The molecule has 134 valence electrons. The van der Waals surface area contributed by atoms with Crippen molar-refractivity contribution in [2.24, 2.45) is 0 Å². The molecule has 0 spiro atoms. The Kier molecular flexibility index (Phi) is 9.55. The molecule has 1 N–H and O–H groups in total. The number of hydrogen-bond acceptors (Lipinski definition) is 1. The third-order valence-electron chi connectivity index (χ3n) is 3.84. The normalized spacial score (nSPS) is 17.2. The molecular weight excluding hydrogens is 395 g/mol. The van der Waals surface area contributed by atoms with Crippen LogP contribution in [-0.4, -0.2) is 11.1 Å². The maximum atomic E-state index is 10.1. The predicted octanol–water partition coefficient (Wildman–Crippen LogP) is 3.96. The summed E-state index contributed by atoms with van der Waals surface area (Å²) in [5, 5.41) is 11.1. The van der Waals surface area contributed by atoms with E-state index < -0.39 is 13.9 Å². The van der Waals surface area contributed by atoms with E-state index in [1.807, 2.05) is 0 Å². The maximum Gasteiger partial charge on any atom is 2.00 e. The summed E-state index contributed by atoms with van der Waals surface area (Å²) in [5.74, 6) is -0.514. The molecular formula is C23H19FeO2P+2. The van der Waals surface area contributed by atoms with E-state index in [1.165, 1.54) is 16.3 Å². The first-order valence-electron chi connectivity index (χ1n) is 8.32. The van der Waals surface area contributed by atoms with Crippen LogP contribution in [0.4, 0.5) is 0 Å². The summed E-state index contributed by atoms with van der Waals surface area (Å²) in [6.07, 6.45) is 15.2. The summed E-state index contributed by atoms with van der Waals surface area (Å²) >= 11 is 0. The van der Waals surface area contributed by atoms with Crippen LogP contribution in [-0.2, 0) is 21.9 Å². The van der Waals surface area contributed by atoms with Crippen molar-refractivity contribution >= 4 is 24.5 Å². The third kappa shape index (κ3) is 6.46. The first kappa shape index (κ1) is 22.2. The Morgan fingerprint density at radius 3 is 1.44 bits per heavy atom. The fourth-order valence-electron chi connectivity index (χ4n) is 2.63. The number of carboxylic acid groups (broad SMARTS) is 1. The molecule has 4 rings (SSSR count). The molecule has 0 amide bonds. The zero-order valence-corrected chi connectivity index (χ0v) is 16.5. The number of benzene rings is 2. The summed E-state index contributed by atoms with van der Waals surface area (Å²) in [7, 11) is -0.409. The van der Waals surface area contributed by atoms with Crippen molar-refractivity contribution in [3.05, 3.63) is 124 Å². The average molecular weight is 414 g/mol. The van der Waals surface area contributed by atoms with Gasteiger partial charge in [0.2, 0.25) is 0 Å². The van der Waals surface area contributed by atoms with Crippen molar-refractivity contribution in [2.75, 3.05) is 0 Å². The number of hydrogen-bond donors (Lipinski definition) is 1. The van der Waals surface area contributed by atoms with Gasteiger partial charge in [-0.25, -0.2) is 0 Å². The summed E-state index contributed by atoms with van der Waals surface area (Å²) in [5.41, 5.74) is 1.42. The minimum absolute atomic E-state index is 0. The minimum Gasteiger partial charge on any atom is -0.481 e. The zero-order valence-electron chi connectivity index (χ0n) is 14.5. The molecule has 0 heterocycles. The molecule has 0 bridgehead atoms. The van der Waals surface area contributed by atoms with Gasteiger partial charge in [-0.05, 0) is 69.9 Å². The molecule has 0 aromatic heterocycles. The molecule has 4 heteroatoms. The first-order valence-corrected chi connectivity index (χ1v) is 9.67. The summed E-state index contributed by atoms with van der Waals surface area (Å²) in [6.45, 7) is 0. The Bertz CT molecular complexity index is 626. The molecule has 2 aliphatic rings. The van der Waals surface area contributed by atoms with Gasteiger partial charge < -0.3 is 5.11 Å². The van der Waals surface area contributed by atoms with Gasteiger partial charge in [0.25, 0.3) is 0 Å². The van der Waals surface area contributed by atoms with Crippen molar-refractivity contribution in [3.63, 3.8) is 0 Å². The van der Waals surface area contributed by atoms with E-state index in [4.69, 9.17) is 5.11 Å². The van der Waals surface area contributed by atoms with Crippen LogP contribution in [0.2, 0.25) is 0 Å². The van der Waals surface area contributed by atoms with Crippen LogP contribution in [0.25, 0.3) is 0 Å². The molecule has 2 saturated carbocycles. The van der Waals surface area contributed by atoms with Crippen molar-refractivity contribution in [1.29, 1.82) is 0 Å². The Morgan fingerprint density at radius 2 is 1.07 bits per heavy atom. The summed E-state index contributed by atoms with van der Waals surface area (Å²) < 4.78 is 0. The van der Waals surface area contributed by atoms with Crippen molar-refractivity contribution in [3.8, 4) is 0 Å². The molecule has 0 aliphatic heterocycles. The summed E-state index contributed by atoms with van der Waals surface area (Å²) in [6, 6.07) is 21.6. The maximum absolute atomic E-state index is 10.1. The SMILES string of the molecule is O=C(O)[C]1[CH][CH][CH][CH]1.[CH]1[CH][CH][C](P(c2ccccc2)c2ccccc2)[CH]1.[Fe+2]. The molecule has 2 aromatic carbocycles. The topological polar surface area (TPSA) is 37.3 Å². The molecule has 2 aromatic rings. The largest absolute Gasteiger partial charge is 2.00 e. The Labute approximate surface area is 175 Å². The van der Waals surface area contributed by atoms with Crippen LogP contribution in [0, 0.1) is 62.9 Å². The van der Waals surface area contributed by atoms with Gasteiger partial charge in [-0.15, -0.1) is 0 Å². The Balaban J connectivity index is 0.000000247. The minimum atomic E-state index is -0.866. The van der Waals surface area contributed by atoms with Crippen LogP contribution in [0.5, 0.6) is 0 Å². The van der Waals surface area contributed by atoms with E-state index in [0.717, 1.165) is 0 Å². The van der Waals surface area contributed by atoms with Crippen LogP contribution < -0.4 is 10.6 Å². The zero-order chi connectivity index (χ0) is 18.2. The molecule has 0 atom stereocenters. The molecule has 0 saturated heterocycles. The predicted molar refractivity (Wildman–Crippen MR) is 108 cm³/mol. The molecule has 0 unspecified atom stereocenters. The second-order valence-corrected chi connectivity index (χ2v) is 7.85. The Morgan fingerprint density at radius 1 is 0.667 bits per heavy atom. The number of carbonyl (C=O) groups is 1. The van der Waals surface area contributed by atoms with E-state index in [2.05, 4.69) is 86.3 Å². The van der Waals surface area contributed by atoms with Crippen LogP contribution in [0.15, 0.2) is 60.7 Å². The fraction of sp³-hybridized carbons (Fsp3) is 0. The molecule has 10 radical (unpaired) electrons. The summed E-state index contributed by atoms with van der Waals surface area (Å²) in [4.78, 5) is 10.1. The second-order valence-electron chi connectivity index (χ2n) is 5.63. The van der Waals surface area contributed by atoms with Crippen molar-refractivity contribution < 1.29 is 27.0 Å². The van der Waals surface area contributed by atoms with Gasteiger partial charge in [-0.1, -0.05) is 60.7 Å². The molecule has 2 aliphatic carbocycles. The van der Waals surface area contributed by atoms with Gasteiger partial charge in [0.1, 0.15) is 0 Å². The Hall–Kier alpha value is -1.14. The number of carboxylic acids is 1. The van der Waals surface area contributed by atoms with Gasteiger partial charge in [-0.2, -0.15) is 0 Å². The molecule has 2 fully saturated rings. The number of aliphatic carboxylic acids is 1. The monoisotopic (exact) mass is 414 g/mol. The molecule has 27 heavy (non-hydrogen) atoms. The van der Waals surface area contributed by atoms with Crippen LogP contribution in [0.3, 0.4) is 0 Å². The standard InChI is InChI=1S/C17H14P.C6H5O2.Fe/c1-3-9-15(10-4-1)18(17-13-7-8-14-17)16-11-5-2-6-12-16;7-6(8)5-3-1-2-4-5;/h1-14H;1-4H,(H,7,8);/q;;+2. The van der Waals surface area contributed by atoms with E-state index >= 15 is 0 Å². The van der Waals surface area contributed by atoms with E-state index in [1.54, 1.807) is 25.7 Å². The average Bonchev–Trinajstić information content (AvgIpc) is 3.39. The fourth-order valence-corrected chi connectivity index (χ4v) is 4.94. The number of rotatable bonds is 4. The van der Waals surface area contributed by atoms with E-state index in [0.29, 0.717) is 5.92 Å². The second kappa shape index (κ2) is 11.6. The van der Waals surface area contributed by atoms with Gasteiger partial charge in [0.05, 0.1) is 5.92 Å². The van der Waals surface area contributed by atoms with Gasteiger partial charge in [0.15, 0.2) is 0 Å². The van der Waals surface area contributed by atoms with Gasteiger partial charge in [0, 0.05) is 5.66 Å². The van der Waals surface area contributed by atoms with Crippen LogP contribution in [0.1, 0.15) is 0 Å². The first-order chi connectivity index (χ1) is 12.8. The van der Waals surface area contributed by atoms with Crippen LogP contribution >= 0.6 is 7.92 Å². The van der Waals surface area contributed by atoms with E-state index in [-0.39, 0.29) is 17.1 Å². The third-order valence-corrected chi connectivity index (χ3v) is 6.29. The smallest absolute Gasteiger partial charge is 0.481 e. The van der Waals surface area contributed by atoms with Crippen molar-refractivity contribution in [1.82, 2.24) is 0 Å². The van der Waals surface area contributed by atoms with Gasteiger partial charge >= 0.3 is 23.0 Å². The molecule has 2 nitrogen and oxygen atoms in total. The van der Waals surface area contributed by atoms with Crippen molar-refractivity contribution in [2.45, 2.75) is 0 Å². The quantitative estimate of drug-likeness (QED) is 0.608. The van der Waals surface area contributed by atoms with Gasteiger partial charge in [-0.3, -0.25) is 4.79 Å².